The molecule has 0 spiro atoms. The molecule has 5 rings (SSSR count). The molecule has 0 unspecified atom stereocenters. The number of hydrogen-bond acceptors (Lipinski definition) is 8. The molecule has 4 aromatic rings. The summed E-state index contributed by atoms with van der Waals surface area (Å²) >= 11 is 1.71. The third kappa shape index (κ3) is 5.07. The quantitative estimate of drug-likeness (QED) is 0.335. The highest BCUT2D eigenvalue weighted by Crippen LogP contribution is 2.33. The zero-order valence-corrected chi connectivity index (χ0v) is 20.9. The number of benzene rings is 1. The van der Waals surface area contributed by atoms with Gasteiger partial charge in [0.15, 0.2) is 5.75 Å². The molecule has 3 aromatic heterocycles. The molecular weight excluding hydrogens is 462 g/mol. The molecule has 0 radical (unpaired) electrons. The first-order chi connectivity index (χ1) is 17.0. The average Bonchev–Trinajstić information content (AvgIpc) is 3.53. The fraction of sp³-hybridized carbons (Fsp3) is 0.346. The molecule has 0 amide bonds. The zero-order valence-electron chi connectivity index (χ0n) is 20.1. The Morgan fingerprint density at radius 1 is 1.29 bits per heavy atom. The maximum absolute atomic E-state index is 12.6. The summed E-state index contributed by atoms with van der Waals surface area (Å²) in [6, 6.07) is 12.4. The number of aromatic nitrogens is 3. The van der Waals surface area contributed by atoms with Crippen LogP contribution in [0.15, 0.2) is 46.6 Å². The second-order valence-electron chi connectivity index (χ2n) is 8.74. The number of aromatic amines is 1. The maximum Gasteiger partial charge on any atom is 0.291 e. The lowest BCUT2D eigenvalue weighted by Gasteiger charge is -2.16. The number of anilines is 1. The SMILES string of the molecule is CNCc1ccccc1-c1csc([C@@H](C)Nc2nc(C)nc3[nH]c(=O)c(O[C@H]4CCOC4)cc23)c1. The second kappa shape index (κ2) is 10.2. The summed E-state index contributed by atoms with van der Waals surface area (Å²) in [5, 5.41) is 9.68. The van der Waals surface area contributed by atoms with E-state index in [0.29, 0.717) is 35.9 Å². The first-order valence-electron chi connectivity index (χ1n) is 11.8. The monoisotopic (exact) mass is 491 g/mol. The van der Waals surface area contributed by atoms with E-state index in [4.69, 9.17) is 9.47 Å². The van der Waals surface area contributed by atoms with Crippen molar-refractivity contribution in [3.8, 4) is 16.9 Å². The van der Waals surface area contributed by atoms with E-state index in [1.54, 1.807) is 17.4 Å². The van der Waals surface area contributed by atoms with Gasteiger partial charge in [-0.2, -0.15) is 0 Å². The van der Waals surface area contributed by atoms with Crippen LogP contribution in [0.4, 0.5) is 5.82 Å². The number of hydrogen-bond donors (Lipinski definition) is 3. The topological polar surface area (TPSA) is 101 Å². The van der Waals surface area contributed by atoms with Crippen LogP contribution in [0.25, 0.3) is 22.2 Å². The van der Waals surface area contributed by atoms with Crippen molar-refractivity contribution >= 4 is 28.2 Å². The highest BCUT2D eigenvalue weighted by molar-refractivity contribution is 7.10. The van der Waals surface area contributed by atoms with Crippen molar-refractivity contribution in [2.24, 2.45) is 0 Å². The molecule has 1 aliphatic heterocycles. The molecule has 2 atom stereocenters. The van der Waals surface area contributed by atoms with Crippen molar-refractivity contribution in [2.75, 3.05) is 25.6 Å². The minimum absolute atomic E-state index is 0.00207. The molecule has 0 saturated carbocycles. The molecule has 1 aromatic carbocycles. The Kier molecular flexibility index (Phi) is 6.81. The molecule has 3 N–H and O–H groups in total. The number of nitrogens with one attached hydrogen (secondary N) is 3. The van der Waals surface area contributed by atoms with Gasteiger partial charge in [-0.05, 0) is 49.0 Å². The van der Waals surface area contributed by atoms with Crippen LogP contribution in [-0.2, 0) is 11.3 Å². The van der Waals surface area contributed by atoms with Crippen molar-refractivity contribution in [1.82, 2.24) is 20.3 Å². The summed E-state index contributed by atoms with van der Waals surface area (Å²) in [5.41, 5.74) is 3.88. The van der Waals surface area contributed by atoms with Crippen LogP contribution >= 0.6 is 11.3 Å². The lowest BCUT2D eigenvalue weighted by atomic mass is 10.0. The highest BCUT2D eigenvalue weighted by atomic mass is 32.1. The number of nitrogens with zero attached hydrogens (tertiary/aromatic N) is 2. The summed E-state index contributed by atoms with van der Waals surface area (Å²) in [4.78, 5) is 25.7. The Bertz CT molecular complexity index is 1390. The summed E-state index contributed by atoms with van der Waals surface area (Å²) < 4.78 is 11.3. The van der Waals surface area contributed by atoms with Gasteiger partial charge >= 0.3 is 0 Å². The maximum atomic E-state index is 12.6. The fourth-order valence-corrected chi connectivity index (χ4v) is 5.22. The van der Waals surface area contributed by atoms with Crippen molar-refractivity contribution in [3.05, 3.63) is 68.4 Å². The molecule has 0 bridgehead atoms. The van der Waals surface area contributed by atoms with Gasteiger partial charge < -0.3 is 25.1 Å². The number of rotatable bonds is 8. The minimum Gasteiger partial charge on any atom is -0.482 e. The standard InChI is InChI=1S/C26H29N5O3S/c1-15(23-10-18(14-35-23)20-7-5-4-6-17(20)12-27-3)28-24-21-11-22(34-19-8-9-33-13-19)26(32)31-25(21)30-16(2)29-24/h4-7,10-11,14-15,19,27H,8-9,12-13H2,1-3H3,(H2,28,29,30,31,32)/t15-,19+/m1/s1. The van der Waals surface area contributed by atoms with Crippen molar-refractivity contribution < 1.29 is 9.47 Å². The molecule has 35 heavy (non-hydrogen) atoms. The van der Waals surface area contributed by atoms with Crippen molar-refractivity contribution in [3.63, 3.8) is 0 Å². The molecule has 8 nitrogen and oxygen atoms in total. The van der Waals surface area contributed by atoms with E-state index < -0.39 is 0 Å². The van der Waals surface area contributed by atoms with E-state index in [9.17, 15) is 4.79 Å². The normalized spacial score (nSPS) is 16.5. The highest BCUT2D eigenvalue weighted by Gasteiger charge is 2.21. The number of fused-ring (bicyclic) bond motifs is 1. The summed E-state index contributed by atoms with van der Waals surface area (Å²) in [5.74, 6) is 1.50. The molecule has 1 aliphatic rings. The van der Waals surface area contributed by atoms with Gasteiger partial charge in [-0.3, -0.25) is 4.79 Å². The van der Waals surface area contributed by atoms with E-state index in [1.807, 2.05) is 14.0 Å². The summed E-state index contributed by atoms with van der Waals surface area (Å²) in [6.45, 7) is 5.87. The van der Waals surface area contributed by atoms with Crippen LogP contribution in [0, 0.1) is 6.92 Å². The van der Waals surface area contributed by atoms with Crippen molar-refractivity contribution in [2.45, 2.75) is 39.0 Å². The van der Waals surface area contributed by atoms with Gasteiger partial charge in [-0.15, -0.1) is 11.3 Å². The van der Waals surface area contributed by atoms with E-state index in [-0.39, 0.29) is 23.5 Å². The van der Waals surface area contributed by atoms with Gasteiger partial charge in [0.25, 0.3) is 5.56 Å². The third-order valence-electron chi connectivity index (χ3n) is 6.07. The van der Waals surface area contributed by atoms with Gasteiger partial charge in [0.2, 0.25) is 0 Å². The van der Waals surface area contributed by atoms with Crippen LogP contribution in [-0.4, -0.2) is 41.3 Å². The van der Waals surface area contributed by atoms with Gasteiger partial charge in [0.1, 0.15) is 23.4 Å². The number of ether oxygens (including phenoxy) is 2. The van der Waals surface area contributed by atoms with E-state index in [0.717, 1.165) is 13.0 Å². The van der Waals surface area contributed by atoms with E-state index in [1.165, 1.54) is 21.6 Å². The van der Waals surface area contributed by atoms with Crippen LogP contribution in [0.3, 0.4) is 0 Å². The van der Waals surface area contributed by atoms with Crippen LogP contribution in [0.2, 0.25) is 0 Å². The van der Waals surface area contributed by atoms with Gasteiger partial charge in [-0.25, -0.2) is 9.97 Å². The average molecular weight is 492 g/mol. The first kappa shape index (κ1) is 23.5. The first-order valence-corrected chi connectivity index (χ1v) is 12.6. The predicted molar refractivity (Wildman–Crippen MR) is 139 cm³/mol. The molecular formula is C26H29N5O3S. The van der Waals surface area contributed by atoms with E-state index in [2.05, 4.69) is 68.2 Å². The van der Waals surface area contributed by atoms with E-state index >= 15 is 0 Å². The Labute approximate surface area is 207 Å². The van der Waals surface area contributed by atoms with Gasteiger partial charge in [-0.1, -0.05) is 24.3 Å². The molecule has 1 fully saturated rings. The fourth-order valence-electron chi connectivity index (χ4n) is 4.31. The number of thiophene rings is 1. The molecule has 0 aliphatic carbocycles. The molecule has 4 heterocycles. The van der Waals surface area contributed by atoms with Gasteiger partial charge in [0, 0.05) is 23.9 Å². The van der Waals surface area contributed by atoms with Crippen LogP contribution in [0.1, 0.15) is 35.7 Å². The second-order valence-corrected chi connectivity index (χ2v) is 9.68. The van der Waals surface area contributed by atoms with Crippen LogP contribution in [0.5, 0.6) is 5.75 Å². The Balaban J connectivity index is 1.43. The van der Waals surface area contributed by atoms with Gasteiger partial charge in [0.05, 0.1) is 24.6 Å². The molecule has 9 heteroatoms. The lowest BCUT2D eigenvalue weighted by Crippen LogP contribution is -2.21. The number of aryl methyl sites for hydroxylation is 1. The smallest absolute Gasteiger partial charge is 0.291 e. The molecule has 182 valence electrons. The third-order valence-corrected chi connectivity index (χ3v) is 7.18. The molecule has 1 saturated heterocycles. The predicted octanol–water partition coefficient (Wildman–Crippen LogP) is 4.42. The summed E-state index contributed by atoms with van der Waals surface area (Å²) in [6.07, 6.45) is 0.646. The Morgan fingerprint density at radius 3 is 2.94 bits per heavy atom. The largest absolute Gasteiger partial charge is 0.482 e. The Hall–Kier alpha value is -3.27. The Morgan fingerprint density at radius 2 is 2.14 bits per heavy atom. The lowest BCUT2D eigenvalue weighted by molar-refractivity contribution is 0.140. The number of pyridine rings is 1. The number of H-pyrrole nitrogens is 1. The van der Waals surface area contributed by atoms with Crippen LogP contribution < -0.4 is 20.9 Å². The summed E-state index contributed by atoms with van der Waals surface area (Å²) in [7, 11) is 1.96. The zero-order chi connectivity index (χ0) is 24.4. The minimum atomic E-state index is -0.301. The van der Waals surface area contributed by atoms with Crippen molar-refractivity contribution in [1.29, 1.82) is 0 Å².